The number of hydrogen-bond donors (Lipinski definition) is 1. The zero-order chi connectivity index (χ0) is 14.5. The van der Waals surface area contributed by atoms with Gasteiger partial charge in [-0.25, -0.2) is 8.42 Å². The van der Waals surface area contributed by atoms with Gasteiger partial charge in [-0.3, -0.25) is 0 Å². The standard InChI is InChI=1S/C13H20BrNO3S/c1-4-15-12(9-19(3,16)17)8-10-7-11(14)5-6-13(10)18-2/h5-7,12,15H,4,8-9H2,1-3H3. The second kappa shape index (κ2) is 7.26. The minimum Gasteiger partial charge on any atom is -0.496 e. The van der Waals surface area contributed by atoms with Gasteiger partial charge in [0.2, 0.25) is 0 Å². The largest absolute Gasteiger partial charge is 0.496 e. The molecule has 0 bridgehead atoms. The van der Waals surface area contributed by atoms with E-state index in [1.807, 2.05) is 25.1 Å². The van der Waals surface area contributed by atoms with Crippen LogP contribution in [0.25, 0.3) is 0 Å². The molecule has 1 N–H and O–H groups in total. The fraction of sp³-hybridized carbons (Fsp3) is 0.538. The zero-order valence-electron chi connectivity index (χ0n) is 11.4. The summed E-state index contributed by atoms with van der Waals surface area (Å²) in [5, 5.41) is 3.21. The van der Waals surface area contributed by atoms with Crippen molar-refractivity contribution >= 4 is 25.8 Å². The Kier molecular flexibility index (Phi) is 6.29. The molecule has 0 aliphatic rings. The van der Waals surface area contributed by atoms with Crippen molar-refractivity contribution in [2.75, 3.05) is 25.7 Å². The number of halogens is 1. The van der Waals surface area contributed by atoms with Crippen molar-refractivity contribution in [3.05, 3.63) is 28.2 Å². The number of sulfone groups is 1. The fourth-order valence-electron chi connectivity index (χ4n) is 2.02. The van der Waals surface area contributed by atoms with Crippen molar-refractivity contribution in [3.8, 4) is 5.75 Å². The molecule has 1 atom stereocenters. The molecule has 0 radical (unpaired) electrons. The van der Waals surface area contributed by atoms with Crippen LogP contribution in [0.1, 0.15) is 12.5 Å². The Morgan fingerprint density at radius 2 is 2.11 bits per heavy atom. The van der Waals surface area contributed by atoms with Crippen LogP contribution in [0.2, 0.25) is 0 Å². The van der Waals surface area contributed by atoms with Gasteiger partial charge in [0.05, 0.1) is 12.9 Å². The Morgan fingerprint density at radius 3 is 2.63 bits per heavy atom. The van der Waals surface area contributed by atoms with Crippen LogP contribution in [0.15, 0.2) is 22.7 Å². The Balaban J connectivity index is 2.92. The number of ether oxygens (including phenoxy) is 1. The third-order valence-corrected chi connectivity index (χ3v) is 4.21. The lowest BCUT2D eigenvalue weighted by atomic mass is 10.1. The first kappa shape index (κ1) is 16.5. The van der Waals surface area contributed by atoms with Gasteiger partial charge in [-0.05, 0) is 36.7 Å². The van der Waals surface area contributed by atoms with Crippen molar-refractivity contribution in [2.45, 2.75) is 19.4 Å². The van der Waals surface area contributed by atoms with Gasteiger partial charge in [-0.2, -0.15) is 0 Å². The molecule has 1 rings (SSSR count). The van der Waals surface area contributed by atoms with E-state index in [4.69, 9.17) is 4.74 Å². The highest BCUT2D eigenvalue weighted by atomic mass is 79.9. The summed E-state index contributed by atoms with van der Waals surface area (Å²) < 4.78 is 29.2. The molecule has 0 aromatic heterocycles. The van der Waals surface area contributed by atoms with Crippen molar-refractivity contribution in [1.29, 1.82) is 0 Å². The molecule has 0 spiro atoms. The summed E-state index contributed by atoms with van der Waals surface area (Å²) in [5.41, 5.74) is 0.992. The minimum absolute atomic E-state index is 0.108. The summed E-state index contributed by atoms with van der Waals surface area (Å²) in [6, 6.07) is 5.64. The number of hydrogen-bond acceptors (Lipinski definition) is 4. The first-order valence-electron chi connectivity index (χ1n) is 6.09. The number of likely N-dealkylation sites (N-methyl/N-ethyl adjacent to an activating group) is 1. The molecule has 1 unspecified atom stereocenters. The molecule has 19 heavy (non-hydrogen) atoms. The fourth-order valence-corrected chi connectivity index (χ4v) is 3.39. The van der Waals surface area contributed by atoms with Crippen LogP contribution in [0, 0.1) is 0 Å². The summed E-state index contributed by atoms with van der Waals surface area (Å²) in [7, 11) is -1.39. The van der Waals surface area contributed by atoms with Gasteiger partial charge in [-0.1, -0.05) is 22.9 Å². The van der Waals surface area contributed by atoms with Crippen LogP contribution in [0.3, 0.4) is 0 Å². The zero-order valence-corrected chi connectivity index (χ0v) is 13.8. The Bertz CT molecular complexity index is 517. The molecule has 1 aromatic rings. The molecule has 0 saturated heterocycles. The van der Waals surface area contributed by atoms with E-state index in [9.17, 15) is 8.42 Å². The maximum atomic E-state index is 11.4. The molecule has 0 heterocycles. The molecule has 108 valence electrons. The van der Waals surface area contributed by atoms with Crippen molar-refractivity contribution in [3.63, 3.8) is 0 Å². The molecular weight excluding hydrogens is 330 g/mol. The normalized spacial score (nSPS) is 13.3. The van der Waals surface area contributed by atoms with Crippen LogP contribution in [0.5, 0.6) is 5.75 Å². The van der Waals surface area contributed by atoms with E-state index >= 15 is 0 Å². The van der Waals surface area contributed by atoms with Crippen molar-refractivity contribution < 1.29 is 13.2 Å². The summed E-state index contributed by atoms with van der Waals surface area (Å²) in [4.78, 5) is 0. The number of benzene rings is 1. The second-order valence-electron chi connectivity index (χ2n) is 4.51. The highest BCUT2D eigenvalue weighted by Crippen LogP contribution is 2.24. The molecule has 0 aliphatic carbocycles. The second-order valence-corrected chi connectivity index (χ2v) is 7.61. The van der Waals surface area contributed by atoms with Gasteiger partial charge < -0.3 is 10.1 Å². The smallest absolute Gasteiger partial charge is 0.148 e. The minimum atomic E-state index is -3.01. The predicted molar refractivity (Wildman–Crippen MR) is 81.6 cm³/mol. The van der Waals surface area contributed by atoms with E-state index in [-0.39, 0.29) is 11.8 Å². The van der Waals surface area contributed by atoms with Crippen molar-refractivity contribution in [1.82, 2.24) is 5.32 Å². The predicted octanol–water partition coefficient (Wildman–Crippen LogP) is 2.02. The third kappa shape index (κ3) is 5.93. The molecule has 4 nitrogen and oxygen atoms in total. The van der Waals surface area contributed by atoms with E-state index in [2.05, 4.69) is 21.2 Å². The summed E-state index contributed by atoms with van der Waals surface area (Å²) in [5.74, 6) is 0.899. The van der Waals surface area contributed by atoms with Gasteiger partial charge in [0.15, 0.2) is 0 Å². The average molecular weight is 350 g/mol. The number of rotatable bonds is 7. The van der Waals surface area contributed by atoms with Gasteiger partial charge in [0, 0.05) is 16.8 Å². The average Bonchev–Trinajstić information content (AvgIpc) is 2.27. The van der Waals surface area contributed by atoms with Crippen LogP contribution >= 0.6 is 15.9 Å². The maximum Gasteiger partial charge on any atom is 0.148 e. The van der Waals surface area contributed by atoms with Crippen LogP contribution < -0.4 is 10.1 Å². The van der Waals surface area contributed by atoms with Crippen molar-refractivity contribution in [2.24, 2.45) is 0 Å². The summed E-state index contributed by atoms with van der Waals surface area (Å²) >= 11 is 3.42. The van der Waals surface area contributed by atoms with Crippen LogP contribution in [-0.2, 0) is 16.3 Å². The summed E-state index contributed by atoms with van der Waals surface area (Å²) in [6.45, 7) is 2.70. The highest BCUT2D eigenvalue weighted by Gasteiger charge is 2.17. The number of methoxy groups -OCH3 is 1. The molecule has 6 heteroatoms. The molecule has 0 fully saturated rings. The lowest BCUT2D eigenvalue weighted by Gasteiger charge is -2.18. The molecular formula is C13H20BrNO3S. The van der Waals surface area contributed by atoms with Gasteiger partial charge in [0.25, 0.3) is 0 Å². The highest BCUT2D eigenvalue weighted by molar-refractivity contribution is 9.10. The molecule has 0 aliphatic heterocycles. The first-order chi connectivity index (χ1) is 8.85. The quantitative estimate of drug-likeness (QED) is 0.818. The van der Waals surface area contributed by atoms with Gasteiger partial charge in [0.1, 0.15) is 15.6 Å². The molecule has 0 saturated carbocycles. The van der Waals surface area contributed by atoms with Crippen LogP contribution in [0.4, 0.5) is 0 Å². The third-order valence-electron chi connectivity index (χ3n) is 2.71. The Morgan fingerprint density at radius 1 is 1.42 bits per heavy atom. The van der Waals surface area contributed by atoms with Crippen LogP contribution in [-0.4, -0.2) is 40.1 Å². The summed E-state index contributed by atoms with van der Waals surface area (Å²) in [6.07, 6.45) is 1.87. The lowest BCUT2D eigenvalue weighted by molar-refractivity contribution is 0.406. The lowest BCUT2D eigenvalue weighted by Crippen LogP contribution is -2.37. The number of nitrogens with one attached hydrogen (secondary N) is 1. The van der Waals surface area contributed by atoms with Gasteiger partial charge in [-0.15, -0.1) is 0 Å². The van der Waals surface area contributed by atoms with E-state index in [1.54, 1.807) is 7.11 Å². The van der Waals surface area contributed by atoms with E-state index < -0.39 is 9.84 Å². The van der Waals surface area contributed by atoms with E-state index in [0.29, 0.717) is 6.42 Å². The maximum absolute atomic E-state index is 11.4. The van der Waals surface area contributed by atoms with Gasteiger partial charge >= 0.3 is 0 Å². The Hall–Kier alpha value is -0.590. The monoisotopic (exact) mass is 349 g/mol. The van der Waals surface area contributed by atoms with E-state index in [0.717, 1.165) is 22.3 Å². The topological polar surface area (TPSA) is 55.4 Å². The molecule has 1 aromatic carbocycles. The Labute approximate surface area is 123 Å². The first-order valence-corrected chi connectivity index (χ1v) is 8.94. The SMILES string of the molecule is CCNC(Cc1cc(Br)ccc1OC)CS(C)(=O)=O. The molecule has 0 amide bonds. The van der Waals surface area contributed by atoms with E-state index in [1.165, 1.54) is 6.26 Å².